The Hall–Kier alpha value is -2.46. The number of benzene rings is 3. The zero-order valence-corrected chi connectivity index (χ0v) is 21.3. The van der Waals surface area contributed by atoms with Crippen LogP contribution in [0.25, 0.3) is 5.57 Å². The van der Waals surface area contributed by atoms with Gasteiger partial charge >= 0.3 is 0 Å². The number of aliphatic hydroxyl groups excluding tert-OH is 1. The fraction of sp³-hybridized carbons (Fsp3) is 0.310. The minimum Gasteiger partial charge on any atom is -0.403 e. The molecular formula is C29H36O2Si. The summed E-state index contributed by atoms with van der Waals surface area (Å²) in [4.78, 5) is 0. The topological polar surface area (TPSA) is 29.5 Å². The van der Waals surface area contributed by atoms with Gasteiger partial charge in [0.05, 0.1) is 13.2 Å². The summed E-state index contributed by atoms with van der Waals surface area (Å²) in [6.07, 6.45) is 1.87. The van der Waals surface area contributed by atoms with E-state index in [0.29, 0.717) is 6.61 Å². The molecular weight excluding hydrogens is 408 g/mol. The largest absolute Gasteiger partial charge is 0.403 e. The van der Waals surface area contributed by atoms with Crippen LogP contribution in [0.5, 0.6) is 0 Å². The zero-order valence-electron chi connectivity index (χ0n) is 20.3. The average Bonchev–Trinajstić information content (AvgIpc) is 2.76. The van der Waals surface area contributed by atoms with E-state index in [2.05, 4.69) is 114 Å². The predicted molar refractivity (Wildman–Crippen MR) is 139 cm³/mol. The molecule has 3 heteroatoms. The highest BCUT2D eigenvalue weighted by Crippen LogP contribution is 2.38. The van der Waals surface area contributed by atoms with Gasteiger partial charge in [0.1, 0.15) is 0 Å². The lowest BCUT2D eigenvalue weighted by molar-refractivity contribution is 0.285. The van der Waals surface area contributed by atoms with Crippen LogP contribution in [0.15, 0.2) is 78.9 Å². The van der Waals surface area contributed by atoms with Crippen molar-refractivity contribution in [1.29, 1.82) is 0 Å². The number of aryl methyl sites for hydroxylation is 1. The molecule has 0 saturated heterocycles. The summed E-state index contributed by atoms with van der Waals surface area (Å²) in [5, 5.41) is 11.9. The van der Waals surface area contributed by atoms with Gasteiger partial charge in [-0.1, -0.05) is 99.6 Å². The molecule has 32 heavy (non-hydrogen) atoms. The van der Waals surface area contributed by atoms with E-state index in [1.54, 1.807) is 0 Å². The van der Waals surface area contributed by atoms with E-state index in [-0.39, 0.29) is 11.6 Å². The predicted octanol–water partition coefficient (Wildman–Crippen LogP) is 5.78. The normalized spacial score (nSPS) is 12.8. The van der Waals surface area contributed by atoms with Crippen molar-refractivity contribution in [3.05, 3.63) is 101 Å². The van der Waals surface area contributed by atoms with Gasteiger partial charge in [-0.15, -0.1) is 0 Å². The highest BCUT2D eigenvalue weighted by Gasteiger charge is 2.50. The molecule has 0 unspecified atom stereocenters. The van der Waals surface area contributed by atoms with Crippen LogP contribution in [0.2, 0.25) is 5.04 Å². The maximum Gasteiger partial charge on any atom is 0.261 e. The Bertz CT molecular complexity index is 1020. The Morgan fingerprint density at radius 2 is 1.41 bits per heavy atom. The third-order valence-electron chi connectivity index (χ3n) is 6.50. The molecule has 0 heterocycles. The lowest BCUT2D eigenvalue weighted by Crippen LogP contribution is -2.66. The maximum atomic E-state index is 9.37. The van der Waals surface area contributed by atoms with Crippen molar-refractivity contribution >= 4 is 24.3 Å². The number of hydrogen-bond acceptors (Lipinski definition) is 2. The highest BCUT2D eigenvalue weighted by atomic mass is 28.4. The van der Waals surface area contributed by atoms with Crippen molar-refractivity contribution in [2.24, 2.45) is 0 Å². The monoisotopic (exact) mass is 444 g/mol. The third-order valence-corrected chi connectivity index (χ3v) is 11.5. The molecule has 3 rings (SSSR count). The SMILES string of the molecule is CC(=CCO)c1ccc(C)c(CO[Si](c2ccccc2)(c2ccccc2)C(C)(C)C)c1C. The van der Waals surface area contributed by atoms with E-state index in [4.69, 9.17) is 4.43 Å². The standard InChI is InChI=1S/C29H36O2Si/c1-22-17-18-27(23(2)19-20-30)24(3)28(22)21-31-32(29(4,5)6,25-13-9-7-10-14-25)26-15-11-8-12-16-26/h7-19,30H,20-21H2,1-6H3. The lowest BCUT2D eigenvalue weighted by atomic mass is 9.94. The van der Waals surface area contributed by atoms with Crippen molar-refractivity contribution in [2.75, 3.05) is 6.61 Å². The van der Waals surface area contributed by atoms with Crippen molar-refractivity contribution in [3.63, 3.8) is 0 Å². The second kappa shape index (κ2) is 9.99. The zero-order chi connectivity index (χ0) is 23.4. The molecule has 0 fully saturated rings. The molecule has 0 aliphatic heterocycles. The molecule has 2 nitrogen and oxygen atoms in total. The van der Waals surface area contributed by atoms with Crippen LogP contribution in [-0.2, 0) is 11.0 Å². The Kier molecular flexibility index (Phi) is 7.55. The summed E-state index contributed by atoms with van der Waals surface area (Å²) in [6, 6.07) is 25.9. The smallest absolute Gasteiger partial charge is 0.261 e. The van der Waals surface area contributed by atoms with Crippen LogP contribution in [-0.4, -0.2) is 20.0 Å². The van der Waals surface area contributed by atoms with Gasteiger partial charge < -0.3 is 9.53 Å². The van der Waals surface area contributed by atoms with E-state index < -0.39 is 8.32 Å². The number of rotatable bonds is 7. The average molecular weight is 445 g/mol. The third kappa shape index (κ3) is 4.66. The second-order valence-electron chi connectivity index (χ2n) is 9.56. The molecule has 0 saturated carbocycles. The molecule has 0 amide bonds. The fourth-order valence-corrected chi connectivity index (χ4v) is 9.25. The molecule has 0 aromatic heterocycles. The molecule has 0 spiro atoms. The van der Waals surface area contributed by atoms with Crippen LogP contribution in [0.1, 0.15) is 49.9 Å². The summed E-state index contributed by atoms with van der Waals surface area (Å²) < 4.78 is 7.18. The summed E-state index contributed by atoms with van der Waals surface area (Å²) in [7, 11) is -2.59. The van der Waals surface area contributed by atoms with Gasteiger partial charge in [-0.25, -0.2) is 0 Å². The highest BCUT2D eigenvalue weighted by molar-refractivity contribution is 6.99. The van der Waals surface area contributed by atoms with E-state index in [1.165, 1.54) is 32.6 Å². The fourth-order valence-electron chi connectivity index (χ4n) is 4.73. The van der Waals surface area contributed by atoms with E-state index in [0.717, 1.165) is 5.57 Å². The van der Waals surface area contributed by atoms with Crippen molar-refractivity contribution in [2.45, 2.75) is 53.2 Å². The Labute approximate surface area is 194 Å². The minimum atomic E-state index is -2.59. The van der Waals surface area contributed by atoms with Crippen molar-refractivity contribution in [3.8, 4) is 0 Å². The molecule has 1 N–H and O–H groups in total. The van der Waals surface area contributed by atoms with Crippen LogP contribution in [0, 0.1) is 13.8 Å². The Morgan fingerprint density at radius 3 is 1.88 bits per heavy atom. The van der Waals surface area contributed by atoms with Gasteiger partial charge in [0.15, 0.2) is 0 Å². The van der Waals surface area contributed by atoms with Crippen LogP contribution in [0.3, 0.4) is 0 Å². The van der Waals surface area contributed by atoms with E-state index in [1.807, 2.05) is 6.08 Å². The summed E-state index contributed by atoms with van der Waals surface area (Å²) in [6.45, 7) is 13.9. The summed E-state index contributed by atoms with van der Waals surface area (Å²) >= 11 is 0. The molecule has 0 bridgehead atoms. The van der Waals surface area contributed by atoms with Gasteiger partial charge in [-0.2, -0.15) is 0 Å². The minimum absolute atomic E-state index is 0.0487. The molecule has 0 aliphatic rings. The quantitative estimate of drug-likeness (QED) is 0.468. The van der Waals surface area contributed by atoms with Gasteiger partial charge in [0, 0.05) is 0 Å². The first kappa shape index (κ1) is 24.2. The van der Waals surface area contributed by atoms with Gasteiger partial charge in [-0.05, 0) is 64.0 Å². The summed E-state index contributed by atoms with van der Waals surface area (Å²) in [5.74, 6) is 0. The summed E-state index contributed by atoms with van der Waals surface area (Å²) in [5.41, 5.74) is 5.97. The number of allylic oxidation sites excluding steroid dienone is 1. The van der Waals surface area contributed by atoms with Crippen LogP contribution < -0.4 is 10.4 Å². The molecule has 3 aromatic rings. The Morgan fingerprint density at radius 1 is 0.875 bits per heavy atom. The van der Waals surface area contributed by atoms with Crippen LogP contribution in [0.4, 0.5) is 0 Å². The number of hydrogen-bond donors (Lipinski definition) is 1. The molecule has 0 radical (unpaired) electrons. The van der Waals surface area contributed by atoms with Crippen LogP contribution >= 0.6 is 0 Å². The van der Waals surface area contributed by atoms with E-state index >= 15 is 0 Å². The first-order valence-corrected chi connectivity index (χ1v) is 13.2. The molecule has 0 atom stereocenters. The van der Waals surface area contributed by atoms with Crippen molar-refractivity contribution in [1.82, 2.24) is 0 Å². The lowest BCUT2D eigenvalue weighted by Gasteiger charge is -2.43. The van der Waals surface area contributed by atoms with Gasteiger partial charge in [-0.3, -0.25) is 0 Å². The number of aliphatic hydroxyl groups is 1. The second-order valence-corrected chi connectivity index (χ2v) is 13.9. The maximum absolute atomic E-state index is 9.37. The van der Waals surface area contributed by atoms with Gasteiger partial charge in [0.25, 0.3) is 8.32 Å². The van der Waals surface area contributed by atoms with Crippen molar-refractivity contribution < 1.29 is 9.53 Å². The first-order valence-electron chi connectivity index (χ1n) is 11.3. The van der Waals surface area contributed by atoms with Gasteiger partial charge in [0.2, 0.25) is 0 Å². The van der Waals surface area contributed by atoms with E-state index in [9.17, 15) is 5.11 Å². The first-order chi connectivity index (χ1) is 15.2. The molecule has 168 valence electrons. The molecule has 0 aliphatic carbocycles. The molecule has 3 aromatic carbocycles. The Balaban J connectivity index is 2.14.